The first kappa shape index (κ1) is 23.3. The van der Waals surface area contributed by atoms with Crippen LogP contribution in [0.1, 0.15) is 25.0 Å². The Morgan fingerprint density at radius 3 is 2.70 bits per heavy atom. The molecule has 0 aliphatic carbocycles. The van der Waals surface area contributed by atoms with E-state index in [1.54, 1.807) is 17.5 Å². The first-order valence-electron chi connectivity index (χ1n) is 10.6. The van der Waals surface area contributed by atoms with Crippen LogP contribution in [-0.4, -0.2) is 43.8 Å². The van der Waals surface area contributed by atoms with E-state index in [1.165, 1.54) is 53.1 Å². The van der Waals surface area contributed by atoms with Crippen LogP contribution in [0.15, 0.2) is 52.7 Å². The molecular formula is C23H24FN3O4S2. The summed E-state index contributed by atoms with van der Waals surface area (Å²) in [6.45, 7) is 0.987. The second-order valence-electron chi connectivity index (χ2n) is 7.71. The minimum absolute atomic E-state index is 0.0158. The van der Waals surface area contributed by atoms with Gasteiger partial charge in [0.2, 0.25) is 15.9 Å². The number of amides is 1. The Morgan fingerprint density at radius 1 is 1.18 bits per heavy atom. The van der Waals surface area contributed by atoms with Crippen LogP contribution in [0.3, 0.4) is 0 Å². The SMILES string of the molecule is COc1ccc(S(=O)(=O)N2CCCCC2)cc1NC(=O)Cc1csc(-c2cccc(F)c2)n1. The minimum atomic E-state index is -3.65. The summed E-state index contributed by atoms with van der Waals surface area (Å²) in [6.07, 6.45) is 2.68. The second kappa shape index (κ2) is 9.98. The molecular weight excluding hydrogens is 465 g/mol. The quantitative estimate of drug-likeness (QED) is 0.534. The van der Waals surface area contributed by atoms with Crippen molar-refractivity contribution in [2.75, 3.05) is 25.5 Å². The van der Waals surface area contributed by atoms with Crippen LogP contribution in [-0.2, 0) is 21.2 Å². The highest BCUT2D eigenvalue weighted by Crippen LogP contribution is 2.30. The van der Waals surface area contributed by atoms with Crippen molar-refractivity contribution in [1.82, 2.24) is 9.29 Å². The molecule has 0 atom stereocenters. The maximum atomic E-state index is 13.5. The number of sulfonamides is 1. The molecule has 4 rings (SSSR count). The van der Waals surface area contributed by atoms with Gasteiger partial charge in [0.05, 0.1) is 29.8 Å². The van der Waals surface area contributed by atoms with Crippen molar-refractivity contribution >= 4 is 33.0 Å². The predicted octanol–water partition coefficient (Wildman–Crippen LogP) is 4.31. The monoisotopic (exact) mass is 489 g/mol. The number of hydrogen-bond donors (Lipinski definition) is 1. The molecule has 0 spiro atoms. The van der Waals surface area contributed by atoms with Crippen LogP contribution in [0.5, 0.6) is 5.75 Å². The third kappa shape index (κ3) is 5.40. The van der Waals surface area contributed by atoms with Gasteiger partial charge in [-0.3, -0.25) is 4.79 Å². The zero-order valence-corrected chi connectivity index (χ0v) is 19.7. The summed E-state index contributed by atoms with van der Waals surface area (Å²) in [5.74, 6) is -0.356. The normalized spacial score (nSPS) is 14.7. The number of thiazole rings is 1. The van der Waals surface area contributed by atoms with E-state index >= 15 is 0 Å². The molecule has 10 heteroatoms. The van der Waals surface area contributed by atoms with Gasteiger partial charge in [-0.1, -0.05) is 18.6 Å². The molecule has 174 valence electrons. The lowest BCUT2D eigenvalue weighted by atomic mass is 10.2. The van der Waals surface area contributed by atoms with E-state index in [0.717, 1.165) is 19.3 Å². The van der Waals surface area contributed by atoms with Crippen LogP contribution in [0, 0.1) is 5.82 Å². The third-order valence-corrected chi connectivity index (χ3v) is 8.20. The molecule has 0 radical (unpaired) electrons. The van der Waals surface area contributed by atoms with Crippen molar-refractivity contribution in [3.8, 4) is 16.3 Å². The van der Waals surface area contributed by atoms with E-state index in [2.05, 4.69) is 10.3 Å². The second-order valence-corrected chi connectivity index (χ2v) is 10.5. The van der Waals surface area contributed by atoms with Crippen LogP contribution < -0.4 is 10.1 Å². The molecule has 1 aliphatic rings. The molecule has 7 nitrogen and oxygen atoms in total. The molecule has 1 aliphatic heterocycles. The van der Waals surface area contributed by atoms with Gasteiger partial charge in [-0.05, 0) is 43.2 Å². The number of carbonyl (C=O) groups excluding carboxylic acids is 1. The number of anilines is 1. The van der Waals surface area contributed by atoms with E-state index < -0.39 is 10.0 Å². The van der Waals surface area contributed by atoms with Crippen molar-refractivity contribution in [2.24, 2.45) is 0 Å². The first-order valence-corrected chi connectivity index (χ1v) is 12.9. The number of carbonyl (C=O) groups is 1. The zero-order chi connectivity index (χ0) is 23.4. The summed E-state index contributed by atoms with van der Waals surface area (Å²) in [5, 5.41) is 5.10. The van der Waals surface area contributed by atoms with Gasteiger partial charge in [-0.15, -0.1) is 11.3 Å². The lowest BCUT2D eigenvalue weighted by Crippen LogP contribution is -2.35. The summed E-state index contributed by atoms with van der Waals surface area (Å²) in [4.78, 5) is 17.2. The summed E-state index contributed by atoms with van der Waals surface area (Å²) in [7, 11) is -2.20. The maximum absolute atomic E-state index is 13.5. The van der Waals surface area contributed by atoms with Crippen molar-refractivity contribution in [3.05, 3.63) is 59.4 Å². The number of hydrogen-bond acceptors (Lipinski definition) is 6. The molecule has 2 aromatic carbocycles. The summed E-state index contributed by atoms with van der Waals surface area (Å²) < 4.78 is 46.3. The topological polar surface area (TPSA) is 88.6 Å². The molecule has 1 saturated heterocycles. The summed E-state index contributed by atoms with van der Waals surface area (Å²) >= 11 is 1.32. The van der Waals surface area contributed by atoms with Gasteiger partial charge in [0.1, 0.15) is 16.6 Å². The Morgan fingerprint density at radius 2 is 1.97 bits per heavy atom. The largest absolute Gasteiger partial charge is 0.495 e. The first-order chi connectivity index (χ1) is 15.9. The average molecular weight is 490 g/mol. The van der Waals surface area contributed by atoms with Crippen molar-refractivity contribution in [1.29, 1.82) is 0 Å². The fourth-order valence-electron chi connectivity index (χ4n) is 3.70. The van der Waals surface area contributed by atoms with Gasteiger partial charge < -0.3 is 10.1 Å². The Labute approximate surface area is 196 Å². The Kier molecular flexibility index (Phi) is 7.06. The van der Waals surface area contributed by atoms with E-state index in [4.69, 9.17) is 4.74 Å². The standard InChI is InChI=1S/C23H24FN3O4S2/c1-31-21-9-8-19(33(29,30)27-10-3-2-4-11-27)14-20(21)26-22(28)13-18-15-32-23(25-18)16-6-5-7-17(24)12-16/h5-9,12,14-15H,2-4,10-11,13H2,1H3,(H,26,28). The van der Waals surface area contributed by atoms with Crippen molar-refractivity contribution in [3.63, 3.8) is 0 Å². The van der Waals surface area contributed by atoms with E-state index in [9.17, 15) is 17.6 Å². The van der Waals surface area contributed by atoms with E-state index in [1.807, 2.05) is 0 Å². The molecule has 1 aromatic heterocycles. The van der Waals surface area contributed by atoms with Crippen LogP contribution >= 0.6 is 11.3 Å². The molecule has 1 amide bonds. The van der Waals surface area contributed by atoms with E-state index in [0.29, 0.717) is 35.1 Å². The molecule has 0 unspecified atom stereocenters. The van der Waals surface area contributed by atoms with Crippen LogP contribution in [0.25, 0.3) is 10.6 Å². The number of piperidine rings is 1. The number of methoxy groups -OCH3 is 1. The molecule has 3 aromatic rings. The predicted molar refractivity (Wildman–Crippen MR) is 125 cm³/mol. The number of ether oxygens (including phenoxy) is 1. The summed E-state index contributed by atoms with van der Waals surface area (Å²) in [6, 6.07) is 10.6. The van der Waals surface area contributed by atoms with Crippen LogP contribution in [0.2, 0.25) is 0 Å². The van der Waals surface area contributed by atoms with Crippen molar-refractivity contribution < 1.29 is 22.3 Å². The number of rotatable bonds is 7. The van der Waals surface area contributed by atoms with Gasteiger partial charge in [-0.2, -0.15) is 4.31 Å². The number of nitrogens with one attached hydrogen (secondary N) is 1. The lowest BCUT2D eigenvalue weighted by molar-refractivity contribution is -0.115. The fraction of sp³-hybridized carbons (Fsp3) is 0.304. The maximum Gasteiger partial charge on any atom is 0.243 e. The smallest absolute Gasteiger partial charge is 0.243 e. The van der Waals surface area contributed by atoms with Crippen molar-refractivity contribution in [2.45, 2.75) is 30.6 Å². The zero-order valence-electron chi connectivity index (χ0n) is 18.1. The Bertz CT molecular complexity index is 1250. The third-order valence-electron chi connectivity index (χ3n) is 5.36. The van der Waals surface area contributed by atoms with Crippen LogP contribution in [0.4, 0.5) is 10.1 Å². The average Bonchev–Trinajstić information content (AvgIpc) is 3.28. The fourth-order valence-corrected chi connectivity index (χ4v) is 6.06. The van der Waals surface area contributed by atoms with Gasteiger partial charge in [0.15, 0.2) is 0 Å². The Balaban J connectivity index is 1.50. The van der Waals surface area contributed by atoms with Gasteiger partial charge in [0, 0.05) is 24.0 Å². The highest BCUT2D eigenvalue weighted by atomic mass is 32.2. The minimum Gasteiger partial charge on any atom is -0.495 e. The Hall–Kier alpha value is -2.82. The van der Waals surface area contributed by atoms with E-state index in [-0.39, 0.29) is 28.7 Å². The van der Waals surface area contributed by atoms with Gasteiger partial charge >= 0.3 is 0 Å². The molecule has 2 heterocycles. The summed E-state index contributed by atoms with van der Waals surface area (Å²) in [5.41, 5.74) is 1.46. The molecule has 0 bridgehead atoms. The lowest BCUT2D eigenvalue weighted by Gasteiger charge is -2.26. The highest BCUT2D eigenvalue weighted by molar-refractivity contribution is 7.89. The number of benzene rings is 2. The van der Waals surface area contributed by atoms with Gasteiger partial charge in [0.25, 0.3) is 0 Å². The number of aromatic nitrogens is 1. The number of halogens is 1. The molecule has 1 N–H and O–H groups in total. The highest BCUT2D eigenvalue weighted by Gasteiger charge is 2.27. The molecule has 1 fully saturated rings. The van der Waals surface area contributed by atoms with Gasteiger partial charge in [-0.25, -0.2) is 17.8 Å². The molecule has 33 heavy (non-hydrogen) atoms. The number of nitrogens with zero attached hydrogens (tertiary/aromatic N) is 2. The molecule has 0 saturated carbocycles.